The second-order valence-corrected chi connectivity index (χ2v) is 10.4. The summed E-state index contributed by atoms with van der Waals surface area (Å²) in [5, 5.41) is 3.29. The number of imidazole rings is 1. The van der Waals surface area contributed by atoms with Crippen LogP contribution in [0.15, 0.2) is 29.2 Å². The Labute approximate surface area is 210 Å². The number of aryl methyl sites for hydroxylation is 1. The van der Waals surface area contributed by atoms with Gasteiger partial charge in [0.25, 0.3) is 0 Å². The van der Waals surface area contributed by atoms with Gasteiger partial charge in [-0.2, -0.15) is 0 Å². The molecule has 0 radical (unpaired) electrons. The molecule has 1 N–H and O–H groups in total. The molecular formula is C28H34FN5O2. The standard InChI is InChI=1S/C28H34FN5O2/c1-18-17-36-27-24(19-9-10-20(30-15-19)8-4-7-13-33-11-5-3-6-12-33)21(29)14-22-25(27)26-23(16-31-22)32(2)28(35)34(18)26/h9-10,14-15,18,31H,3-8,11-13,16-17H2,1-2H3. The first kappa shape index (κ1) is 23.3. The fourth-order valence-corrected chi connectivity index (χ4v) is 5.96. The number of unbranched alkanes of at least 4 members (excludes halogenated alkanes) is 1. The number of pyridine rings is 1. The normalized spacial score (nSPS) is 18.8. The topological polar surface area (TPSA) is 64.3 Å². The predicted molar refractivity (Wildman–Crippen MR) is 139 cm³/mol. The summed E-state index contributed by atoms with van der Waals surface area (Å²) in [5.74, 6) is 0.133. The van der Waals surface area contributed by atoms with Crippen molar-refractivity contribution in [2.45, 2.75) is 58.0 Å². The molecular weight excluding hydrogens is 457 g/mol. The van der Waals surface area contributed by atoms with Crippen LogP contribution in [-0.2, 0) is 20.0 Å². The number of hydrogen-bond donors (Lipinski definition) is 1. The summed E-state index contributed by atoms with van der Waals surface area (Å²) >= 11 is 0. The highest BCUT2D eigenvalue weighted by Gasteiger charge is 2.35. The molecule has 190 valence electrons. The Morgan fingerprint density at radius 1 is 1.17 bits per heavy atom. The molecule has 7 nitrogen and oxygen atoms in total. The summed E-state index contributed by atoms with van der Waals surface area (Å²) in [4.78, 5) is 20.2. The van der Waals surface area contributed by atoms with Gasteiger partial charge in [-0.1, -0.05) is 12.5 Å². The quantitative estimate of drug-likeness (QED) is 0.505. The third-order valence-electron chi connectivity index (χ3n) is 7.96. The van der Waals surface area contributed by atoms with Crippen molar-refractivity contribution in [3.05, 3.63) is 52.1 Å². The fourth-order valence-electron chi connectivity index (χ4n) is 5.96. The summed E-state index contributed by atoms with van der Waals surface area (Å²) in [6.45, 7) is 6.37. The molecule has 3 aliphatic heterocycles. The zero-order valence-corrected chi connectivity index (χ0v) is 21.1. The third-order valence-corrected chi connectivity index (χ3v) is 7.96. The van der Waals surface area contributed by atoms with E-state index in [2.05, 4.69) is 15.2 Å². The Hall–Kier alpha value is -3.13. The van der Waals surface area contributed by atoms with E-state index in [-0.39, 0.29) is 17.5 Å². The molecule has 3 aliphatic rings. The number of hydrogen-bond acceptors (Lipinski definition) is 5. The first-order valence-corrected chi connectivity index (χ1v) is 13.2. The molecule has 36 heavy (non-hydrogen) atoms. The summed E-state index contributed by atoms with van der Waals surface area (Å²) in [6, 6.07) is 5.31. The Balaban J connectivity index is 1.28. The second kappa shape index (κ2) is 9.39. The summed E-state index contributed by atoms with van der Waals surface area (Å²) in [7, 11) is 1.79. The van der Waals surface area contributed by atoms with Crippen molar-refractivity contribution >= 4 is 5.69 Å². The van der Waals surface area contributed by atoms with Gasteiger partial charge in [-0.3, -0.25) is 14.1 Å². The lowest BCUT2D eigenvalue weighted by molar-refractivity contribution is 0.225. The molecule has 8 heteroatoms. The van der Waals surface area contributed by atoms with Crippen molar-refractivity contribution in [2.75, 3.05) is 31.6 Å². The van der Waals surface area contributed by atoms with E-state index in [1.54, 1.807) is 22.4 Å². The maximum Gasteiger partial charge on any atom is 0.329 e. The van der Waals surface area contributed by atoms with Gasteiger partial charge in [0.2, 0.25) is 0 Å². The number of piperidine rings is 1. The lowest BCUT2D eigenvalue weighted by Gasteiger charge is -2.26. The zero-order chi connectivity index (χ0) is 24.8. The highest BCUT2D eigenvalue weighted by atomic mass is 19.1. The largest absolute Gasteiger partial charge is 0.490 e. The maximum absolute atomic E-state index is 15.5. The number of aromatic nitrogens is 3. The molecule has 1 unspecified atom stereocenters. The highest BCUT2D eigenvalue weighted by Crippen LogP contribution is 2.50. The number of rotatable bonds is 6. The predicted octanol–water partition coefficient (Wildman–Crippen LogP) is 4.74. The molecule has 3 aromatic rings. The SMILES string of the molecule is CC1COc2c(-c3ccc(CCCCN4CCCCC4)nc3)c(F)cc3c2-c2c(n(C)c(=O)n21)CN3. The molecule has 0 bridgehead atoms. The highest BCUT2D eigenvalue weighted by molar-refractivity contribution is 5.92. The van der Waals surface area contributed by atoms with Crippen LogP contribution in [0.4, 0.5) is 10.1 Å². The second-order valence-electron chi connectivity index (χ2n) is 10.4. The number of nitrogens with zero attached hydrogens (tertiary/aromatic N) is 4. The third kappa shape index (κ3) is 3.92. The Morgan fingerprint density at radius 2 is 2.00 bits per heavy atom. The Bertz CT molecular complexity index is 1340. The van der Waals surface area contributed by atoms with E-state index >= 15 is 4.39 Å². The molecule has 1 aromatic carbocycles. The van der Waals surface area contributed by atoms with Crippen LogP contribution in [0.5, 0.6) is 5.75 Å². The fraction of sp³-hybridized carbons (Fsp3) is 0.500. The van der Waals surface area contributed by atoms with Gasteiger partial charge in [-0.25, -0.2) is 9.18 Å². The zero-order valence-electron chi connectivity index (χ0n) is 21.1. The van der Waals surface area contributed by atoms with E-state index < -0.39 is 0 Å². The molecule has 6 rings (SSSR count). The summed E-state index contributed by atoms with van der Waals surface area (Å²) in [6.07, 6.45) is 8.97. The monoisotopic (exact) mass is 491 g/mol. The van der Waals surface area contributed by atoms with Crippen molar-refractivity contribution in [3.8, 4) is 28.1 Å². The van der Waals surface area contributed by atoms with Gasteiger partial charge in [-0.15, -0.1) is 0 Å². The molecule has 1 saturated heterocycles. The van der Waals surface area contributed by atoms with E-state index in [0.29, 0.717) is 35.7 Å². The number of benzene rings is 1. The van der Waals surface area contributed by atoms with Crippen LogP contribution in [0.3, 0.4) is 0 Å². The lowest BCUT2D eigenvalue weighted by atomic mass is 9.95. The van der Waals surface area contributed by atoms with Crippen molar-refractivity contribution in [1.82, 2.24) is 19.0 Å². The summed E-state index contributed by atoms with van der Waals surface area (Å²) in [5.41, 5.74) is 5.19. The lowest BCUT2D eigenvalue weighted by Crippen LogP contribution is -2.30. The number of likely N-dealkylation sites (tertiary alicyclic amines) is 1. The number of nitrogens with one attached hydrogen (secondary N) is 1. The number of anilines is 1. The van der Waals surface area contributed by atoms with E-state index in [0.717, 1.165) is 42.0 Å². The number of ether oxygens (including phenoxy) is 1. The van der Waals surface area contributed by atoms with Gasteiger partial charge in [0.05, 0.1) is 40.8 Å². The number of halogens is 1. The van der Waals surface area contributed by atoms with Crippen molar-refractivity contribution in [3.63, 3.8) is 0 Å². The van der Waals surface area contributed by atoms with Crippen molar-refractivity contribution < 1.29 is 9.13 Å². The summed E-state index contributed by atoms with van der Waals surface area (Å²) < 4.78 is 25.2. The van der Waals surface area contributed by atoms with Gasteiger partial charge in [0.1, 0.15) is 18.2 Å². The maximum atomic E-state index is 15.5. The van der Waals surface area contributed by atoms with Crippen LogP contribution >= 0.6 is 0 Å². The van der Waals surface area contributed by atoms with Gasteiger partial charge in [0.15, 0.2) is 0 Å². The average Bonchev–Trinajstić information content (AvgIpc) is 3.05. The minimum absolute atomic E-state index is 0.0734. The van der Waals surface area contributed by atoms with Crippen LogP contribution in [0.1, 0.15) is 56.5 Å². The molecule has 0 saturated carbocycles. The average molecular weight is 492 g/mol. The van der Waals surface area contributed by atoms with E-state index in [4.69, 9.17) is 4.74 Å². The van der Waals surface area contributed by atoms with E-state index in [1.807, 2.05) is 19.1 Å². The molecule has 5 heterocycles. The van der Waals surface area contributed by atoms with Crippen LogP contribution in [0, 0.1) is 5.82 Å². The smallest absolute Gasteiger partial charge is 0.329 e. The van der Waals surface area contributed by atoms with Gasteiger partial charge in [-0.05, 0) is 70.8 Å². The molecule has 2 aromatic heterocycles. The van der Waals surface area contributed by atoms with Crippen LogP contribution < -0.4 is 15.7 Å². The van der Waals surface area contributed by atoms with Gasteiger partial charge in [0, 0.05) is 24.5 Å². The van der Waals surface area contributed by atoms with E-state index in [1.165, 1.54) is 44.8 Å². The van der Waals surface area contributed by atoms with Gasteiger partial charge < -0.3 is 15.0 Å². The first-order valence-electron chi connectivity index (χ1n) is 13.2. The minimum Gasteiger partial charge on any atom is -0.490 e. The Kier molecular flexibility index (Phi) is 6.07. The molecule has 0 amide bonds. The molecule has 0 spiro atoms. The minimum atomic E-state index is -0.352. The van der Waals surface area contributed by atoms with Crippen molar-refractivity contribution in [1.29, 1.82) is 0 Å². The van der Waals surface area contributed by atoms with Crippen LogP contribution in [-0.4, -0.2) is 45.3 Å². The molecule has 1 fully saturated rings. The van der Waals surface area contributed by atoms with E-state index in [9.17, 15) is 4.79 Å². The van der Waals surface area contributed by atoms with Crippen LogP contribution in [0.2, 0.25) is 0 Å². The van der Waals surface area contributed by atoms with Gasteiger partial charge >= 0.3 is 5.69 Å². The first-order chi connectivity index (χ1) is 17.5. The van der Waals surface area contributed by atoms with Crippen LogP contribution in [0.25, 0.3) is 22.4 Å². The van der Waals surface area contributed by atoms with Crippen molar-refractivity contribution in [2.24, 2.45) is 7.05 Å². The molecule has 1 atom stereocenters. The Morgan fingerprint density at radius 3 is 2.78 bits per heavy atom. The molecule has 0 aliphatic carbocycles.